The van der Waals surface area contributed by atoms with Crippen molar-refractivity contribution in [2.24, 2.45) is 5.92 Å². The minimum absolute atomic E-state index is 0.138. The fourth-order valence-electron chi connectivity index (χ4n) is 2.66. The molecule has 0 aliphatic heterocycles. The van der Waals surface area contributed by atoms with Gasteiger partial charge in [0.25, 0.3) is 5.67 Å². The highest BCUT2D eigenvalue weighted by molar-refractivity contribution is 4.96. The van der Waals surface area contributed by atoms with Crippen LogP contribution in [0.2, 0.25) is 0 Å². The molecule has 0 amide bonds. The van der Waals surface area contributed by atoms with Gasteiger partial charge in [0, 0.05) is 6.42 Å². The van der Waals surface area contributed by atoms with Gasteiger partial charge in [-0.3, -0.25) is 0 Å². The lowest BCUT2D eigenvalue weighted by molar-refractivity contribution is -0.346. The highest BCUT2D eigenvalue weighted by Gasteiger charge is 2.72. The van der Waals surface area contributed by atoms with Gasteiger partial charge in [-0.05, 0) is 25.7 Å². The molecule has 0 radical (unpaired) electrons. The predicted molar refractivity (Wildman–Crippen MR) is 77.6 cm³/mol. The number of halogens is 11. The van der Waals surface area contributed by atoms with Crippen LogP contribution in [0.3, 0.4) is 0 Å². The standard InChI is InChI=1S/C16H23F11/c1-3-4-7-11(8-5-6-9-12(2,17)14(19,20)21)10-13(18,15(22,23)24)16(25,26)27/h11H,3-10H2,1-2H3. The SMILES string of the molecule is CCCCC(CCCCC(C)(F)C(F)(F)F)CC(F)(C(F)(F)F)C(F)(F)F. The average Bonchev–Trinajstić information content (AvgIpc) is 2.45. The quantitative estimate of drug-likeness (QED) is 0.247. The molecular formula is C16H23F11. The molecule has 27 heavy (non-hydrogen) atoms. The molecule has 0 aromatic carbocycles. The van der Waals surface area contributed by atoms with Crippen molar-refractivity contribution in [1.29, 1.82) is 0 Å². The second kappa shape index (κ2) is 9.15. The van der Waals surface area contributed by atoms with Gasteiger partial charge in [-0.2, -0.15) is 39.5 Å². The maximum Gasteiger partial charge on any atom is 0.431 e. The first kappa shape index (κ1) is 26.2. The van der Waals surface area contributed by atoms with E-state index in [-0.39, 0.29) is 25.7 Å². The van der Waals surface area contributed by atoms with Crippen LogP contribution in [0.25, 0.3) is 0 Å². The van der Waals surface area contributed by atoms with Crippen LogP contribution in [-0.4, -0.2) is 29.9 Å². The van der Waals surface area contributed by atoms with Crippen molar-refractivity contribution in [3.05, 3.63) is 0 Å². The third-order valence-corrected chi connectivity index (χ3v) is 4.53. The molecule has 0 fully saturated rings. The van der Waals surface area contributed by atoms with Crippen LogP contribution in [-0.2, 0) is 0 Å². The highest BCUT2D eigenvalue weighted by atomic mass is 19.4. The lowest BCUT2D eigenvalue weighted by atomic mass is 9.84. The predicted octanol–water partition coefficient (Wildman–Crippen LogP) is 7.87. The normalized spacial score (nSPS) is 17.7. The molecule has 0 nitrogen and oxygen atoms in total. The first-order valence-corrected chi connectivity index (χ1v) is 8.47. The van der Waals surface area contributed by atoms with Crippen LogP contribution in [0.5, 0.6) is 0 Å². The summed E-state index contributed by atoms with van der Waals surface area (Å²) >= 11 is 0. The highest BCUT2D eigenvalue weighted by Crippen LogP contribution is 2.50. The Morgan fingerprint density at radius 1 is 0.630 bits per heavy atom. The molecule has 0 aliphatic rings. The third kappa shape index (κ3) is 7.29. The fourth-order valence-corrected chi connectivity index (χ4v) is 2.66. The second-order valence-electron chi connectivity index (χ2n) is 6.95. The Morgan fingerprint density at radius 3 is 1.44 bits per heavy atom. The summed E-state index contributed by atoms with van der Waals surface area (Å²) in [6, 6.07) is 0. The Balaban J connectivity index is 5.04. The van der Waals surface area contributed by atoms with Crippen LogP contribution in [0.15, 0.2) is 0 Å². The van der Waals surface area contributed by atoms with Crippen molar-refractivity contribution in [3.63, 3.8) is 0 Å². The molecule has 0 bridgehead atoms. The number of alkyl halides is 11. The van der Waals surface area contributed by atoms with Crippen molar-refractivity contribution in [2.75, 3.05) is 0 Å². The molecule has 0 aromatic heterocycles. The summed E-state index contributed by atoms with van der Waals surface area (Å²) in [5.41, 5.74) is -8.90. The zero-order valence-corrected chi connectivity index (χ0v) is 14.9. The summed E-state index contributed by atoms with van der Waals surface area (Å²) in [6.07, 6.45) is -20.7. The fraction of sp³-hybridized carbons (Fsp3) is 1.00. The van der Waals surface area contributed by atoms with E-state index in [0.717, 1.165) is 0 Å². The Kier molecular flexibility index (Phi) is 8.89. The maximum absolute atomic E-state index is 13.9. The van der Waals surface area contributed by atoms with Gasteiger partial charge in [0.05, 0.1) is 0 Å². The van der Waals surface area contributed by atoms with Crippen LogP contribution in [0.1, 0.15) is 65.2 Å². The van der Waals surface area contributed by atoms with Crippen LogP contribution < -0.4 is 0 Å². The van der Waals surface area contributed by atoms with E-state index in [0.29, 0.717) is 13.3 Å². The molecule has 2 unspecified atom stereocenters. The molecule has 0 rings (SSSR count). The number of hydrogen-bond acceptors (Lipinski definition) is 0. The van der Waals surface area contributed by atoms with Gasteiger partial charge >= 0.3 is 18.5 Å². The molecule has 0 spiro atoms. The smallest absolute Gasteiger partial charge is 0.234 e. The zero-order chi connectivity index (χ0) is 21.7. The Bertz CT molecular complexity index is 417. The van der Waals surface area contributed by atoms with Crippen LogP contribution in [0, 0.1) is 5.92 Å². The topological polar surface area (TPSA) is 0 Å². The summed E-state index contributed by atoms with van der Waals surface area (Å²) in [6.45, 7) is 1.94. The van der Waals surface area contributed by atoms with E-state index in [1.54, 1.807) is 6.92 Å². The van der Waals surface area contributed by atoms with Gasteiger partial charge < -0.3 is 0 Å². The van der Waals surface area contributed by atoms with Crippen LogP contribution >= 0.6 is 0 Å². The Labute approximate surface area is 150 Å². The van der Waals surface area contributed by atoms with Crippen molar-refractivity contribution >= 4 is 0 Å². The average molecular weight is 424 g/mol. The third-order valence-electron chi connectivity index (χ3n) is 4.53. The van der Waals surface area contributed by atoms with Gasteiger partial charge in [0.15, 0.2) is 0 Å². The zero-order valence-electron chi connectivity index (χ0n) is 14.9. The van der Waals surface area contributed by atoms with E-state index in [2.05, 4.69) is 0 Å². The molecule has 0 heterocycles. The summed E-state index contributed by atoms with van der Waals surface area (Å²) in [5.74, 6) is -1.34. The molecule has 164 valence electrons. The minimum Gasteiger partial charge on any atom is -0.234 e. The monoisotopic (exact) mass is 424 g/mol. The number of hydrogen-bond donors (Lipinski definition) is 0. The molecule has 0 saturated carbocycles. The van der Waals surface area contributed by atoms with Crippen molar-refractivity contribution in [2.45, 2.75) is 95.1 Å². The van der Waals surface area contributed by atoms with E-state index in [9.17, 15) is 48.3 Å². The first-order valence-electron chi connectivity index (χ1n) is 8.47. The number of unbranched alkanes of at least 4 members (excludes halogenated alkanes) is 2. The maximum atomic E-state index is 13.9. The van der Waals surface area contributed by atoms with Crippen molar-refractivity contribution in [1.82, 2.24) is 0 Å². The summed E-state index contributed by atoms with van der Waals surface area (Å²) in [5, 5.41) is 0. The molecule has 0 N–H and O–H groups in total. The Morgan fingerprint density at radius 2 is 1.07 bits per heavy atom. The Hall–Kier alpha value is -0.770. The lowest BCUT2D eigenvalue weighted by Gasteiger charge is -2.33. The van der Waals surface area contributed by atoms with Crippen molar-refractivity contribution in [3.8, 4) is 0 Å². The molecule has 2 atom stereocenters. The summed E-state index contributed by atoms with van der Waals surface area (Å²) < 4.78 is 141. The number of rotatable bonds is 10. The van der Waals surface area contributed by atoms with Gasteiger partial charge in [0.1, 0.15) is 0 Å². The van der Waals surface area contributed by atoms with E-state index in [1.807, 2.05) is 0 Å². The lowest BCUT2D eigenvalue weighted by Crippen LogP contribution is -2.54. The molecule has 0 aromatic rings. The van der Waals surface area contributed by atoms with Gasteiger partial charge in [0.2, 0.25) is 5.67 Å². The van der Waals surface area contributed by atoms with E-state index >= 15 is 0 Å². The van der Waals surface area contributed by atoms with Crippen molar-refractivity contribution < 1.29 is 48.3 Å². The minimum atomic E-state index is -6.16. The van der Waals surface area contributed by atoms with E-state index < -0.39 is 55.0 Å². The second-order valence-corrected chi connectivity index (χ2v) is 6.95. The largest absolute Gasteiger partial charge is 0.431 e. The van der Waals surface area contributed by atoms with E-state index in [1.165, 1.54) is 0 Å². The van der Waals surface area contributed by atoms with Gasteiger partial charge in [-0.15, -0.1) is 0 Å². The molecule has 0 saturated heterocycles. The van der Waals surface area contributed by atoms with Crippen LogP contribution in [0.4, 0.5) is 48.3 Å². The first-order chi connectivity index (χ1) is 11.9. The van der Waals surface area contributed by atoms with Gasteiger partial charge in [-0.25, -0.2) is 8.78 Å². The summed E-state index contributed by atoms with van der Waals surface area (Å²) in [4.78, 5) is 0. The summed E-state index contributed by atoms with van der Waals surface area (Å²) in [7, 11) is 0. The molecular weight excluding hydrogens is 401 g/mol. The molecule has 11 heteroatoms. The van der Waals surface area contributed by atoms with Gasteiger partial charge in [-0.1, -0.05) is 39.0 Å². The molecule has 0 aliphatic carbocycles. The van der Waals surface area contributed by atoms with E-state index in [4.69, 9.17) is 0 Å².